The zero-order valence-corrected chi connectivity index (χ0v) is 10.0. The zero-order chi connectivity index (χ0) is 10.5. The van der Waals surface area contributed by atoms with Crippen LogP contribution in [-0.4, -0.2) is 25.3 Å². The maximum atomic E-state index is 5.49. The van der Waals surface area contributed by atoms with Gasteiger partial charge in [0, 0.05) is 25.3 Å². The molecule has 1 aliphatic carbocycles. The maximum absolute atomic E-state index is 5.49. The van der Waals surface area contributed by atoms with E-state index in [0.29, 0.717) is 0 Å². The molecule has 2 nitrogen and oxygen atoms in total. The standard InChI is InChI=1S/C13H25NO/c1-11-4-2-5-13(10-11)14-12-6-3-8-15-9-7-12/h11-14H,2-10H2,1H3. The van der Waals surface area contributed by atoms with Crippen molar-refractivity contribution in [3.63, 3.8) is 0 Å². The molecule has 1 aliphatic heterocycles. The van der Waals surface area contributed by atoms with Crippen molar-refractivity contribution in [2.45, 2.75) is 64.0 Å². The molecule has 3 unspecified atom stereocenters. The fourth-order valence-corrected chi connectivity index (χ4v) is 2.99. The third-order valence-corrected chi connectivity index (χ3v) is 3.86. The summed E-state index contributed by atoms with van der Waals surface area (Å²) in [6, 6.07) is 1.51. The van der Waals surface area contributed by atoms with Crippen molar-refractivity contribution in [1.82, 2.24) is 5.32 Å². The minimum absolute atomic E-state index is 0.725. The molecule has 0 radical (unpaired) electrons. The minimum Gasteiger partial charge on any atom is -0.381 e. The highest BCUT2D eigenvalue weighted by Crippen LogP contribution is 2.24. The number of hydrogen-bond acceptors (Lipinski definition) is 2. The van der Waals surface area contributed by atoms with Crippen LogP contribution in [0.1, 0.15) is 51.9 Å². The summed E-state index contributed by atoms with van der Waals surface area (Å²) in [6.45, 7) is 4.32. The van der Waals surface area contributed by atoms with Gasteiger partial charge in [0.2, 0.25) is 0 Å². The van der Waals surface area contributed by atoms with Crippen LogP contribution in [0.15, 0.2) is 0 Å². The molecule has 2 rings (SSSR count). The van der Waals surface area contributed by atoms with Crippen LogP contribution in [0.3, 0.4) is 0 Å². The van der Waals surface area contributed by atoms with Gasteiger partial charge in [-0.15, -0.1) is 0 Å². The van der Waals surface area contributed by atoms with Gasteiger partial charge in [-0.25, -0.2) is 0 Å². The summed E-state index contributed by atoms with van der Waals surface area (Å²) in [5, 5.41) is 3.85. The number of hydrogen-bond donors (Lipinski definition) is 1. The van der Waals surface area contributed by atoms with E-state index >= 15 is 0 Å². The van der Waals surface area contributed by atoms with Gasteiger partial charge in [-0.2, -0.15) is 0 Å². The number of nitrogens with one attached hydrogen (secondary N) is 1. The molecular formula is C13H25NO. The molecule has 0 aromatic rings. The third-order valence-electron chi connectivity index (χ3n) is 3.86. The predicted octanol–water partition coefficient (Wildman–Crippen LogP) is 2.72. The van der Waals surface area contributed by atoms with Gasteiger partial charge < -0.3 is 10.1 Å². The lowest BCUT2D eigenvalue weighted by atomic mass is 9.86. The van der Waals surface area contributed by atoms with E-state index in [2.05, 4.69) is 12.2 Å². The van der Waals surface area contributed by atoms with Crippen LogP contribution in [0.5, 0.6) is 0 Å². The number of ether oxygens (including phenoxy) is 1. The Balaban J connectivity index is 1.74. The van der Waals surface area contributed by atoms with Crippen LogP contribution in [0.25, 0.3) is 0 Å². The van der Waals surface area contributed by atoms with E-state index in [-0.39, 0.29) is 0 Å². The molecule has 1 saturated carbocycles. The van der Waals surface area contributed by atoms with Crippen LogP contribution < -0.4 is 5.32 Å². The van der Waals surface area contributed by atoms with Crippen molar-refractivity contribution in [3.05, 3.63) is 0 Å². The molecule has 1 saturated heterocycles. The summed E-state index contributed by atoms with van der Waals surface area (Å²) in [4.78, 5) is 0. The lowest BCUT2D eigenvalue weighted by molar-refractivity contribution is 0.141. The molecule has 2 heteroatoms. The summed E-state index contributed by atoms with van der Waals surface area (Å²) < 4.78 is 5.49. The Hall–Kier alpha value is -0.0800. The first kappa shape index (κ1) is 11.4. The Morgan fingerprint density at radius 3 is 2.67 bits per heavy atom. The Labute approximate surface area is 93.8 Å². The molecule has 2 fully saturated rings. The molecule has 0 amide bonds. The zero-order valence-electron chi connectivity index (χ0n) is 10.0. The third kappa shape index (κ3) is 3.76. The van der Waals surface area contributed by atoms with Crippen LogP contribution in [0.2, 0.25) is 0 Å². The monoisotopic (exact) mass is 211 g/mol. The van der Waals surface area contributed by atoms with E-state index in [1.807, 2.05) is 0 Å². The van der Waals surface area contributed by atoms with E-state index in [1.165, 1.54) is 44.9 Å². The van der Waals surface area contributed by atoms with Crippen LogP contribution in [-0.2, 0) is 4.74 Å². The molecule has 1 heterocycles. The Morgan fingerprint density at radius 1 is 0.933 bits per heavy atom. The topological polar surface area (TPSA) is 21.3 Å². The molecule has 1 N–H and O–H groups in total. The second-order valence-corrected chi connectivity index (χ2v) is 5.38. The lowest BCUT2D eigenvalue weighted by Gasteiger charge is -2.31. The molecule has 88 valence electrons. The predicted molar refractivity (Wildman–Crippen MR) is 63.0 cm³/mol. The van der Waals surface area contributed by atoms with Crippen molar-refractivity contribution in [2.24, 2.45) is 5.92 Å². The summed E-state index contributed by atoms with van der Waals surface area (Å²) >= 11 is 0. The highest BCUT2D eigenvalue weighted by atomic mass is 16.5. The van der Waals surface area contributed by atoms with Crippen molar-refractivity contribution in [3.8, 4) is 0 Å². The van der Waals surface area contributed by atoms with Crippen molar-refractivity contribution in [2.75, 3.05) is 13.2 Å². The van der Waals surface area contributed by atoms with E-state index < -0.39 is 0 Å². The van der Waals surface area contributed by atoms with Gasteiger partial charge in [0.25, 0.3) is 0 Å². The molecule has 2 aliphatic rings. The van der Waals surface area contributed by atoms with Crippen LogP contribution in [0.4, 0.5) is 0 Å². The summed E-state index contributed by atoms with van der Waals surface area (Å²) in [7, 11) is 0. The van der Waals surface area contributed by atoms with E-state index in [4.69, 9.17) is 4.74 Å². The highest BCUT2D eigenvalue weighted by Gasteiger charge is 2.22. The van der Waals surface area contributed by atoms with Crippen molar-refractivity contribution >= 4 is 0 Å². The quantitative estimate of drug-likeness (QED) is 0.758. The molecule has 0 aromatic carbocycles. The summed E-state index contributed by atoms with van der Waals surface area (Å²) in [5.41, 5.74) is 0. The normalized spacial score (nSPS) is 38.6. The highest BCUT2D eigenvalue weighted by molar-refractivity contribution is 4.80. The fourth-order valence-electron chi connectivity index (χ4n) is 2.99. The van der Waals surface area contributed by atoms with Crippen molar-refractivity contribution in [1.29, 1.82) is 0 Å². The van der Waals surface area contributed by atoms with Crippen molar-refractivity contribution < 1.29 is 4.74 Å². The Kier molecular flexibility index (Phi) is 4.45. The van der Waals surface area contributed by atoms with Gasteiger partial charge in [0.05, 0.1) is 0 Å². The smallest absolute Gasteiger partial charge is 0.0480 e. The average Bonchev–Trinajstić information content (AvgIpc) is 2.46. The minimum atomic E-state index is 0.725. The van der Waals surface area contributed by atoms with E-state index in [0.717, 1.165) is 31.2 Å². The summed E-state index contributed by atoms with van der Waals surface area (Å²) in [6.07, 6.45) is 9.39. The maximum Gasteiger partial charge on any atom is 0.0480 e. The average molecular weight is 211 g/mol. The SMILES string of the molecule is CC1CCCC(NC2CCCOCC2)C1. The Bertz CT molecular complexity index is 175. The Morgan fingerprint density at radius 2 is 1.80 bits per heavy atom. The summed E-state index contributed by atoms with van der Waals surface area (Å²) in [5.74, 6) is 0.929. The van der Waals surface area contributed by atoms with Gasteiger partial charge in [-0.1, -0.05) is 19.8 Å². The molecule has 0 aromatic heterocycles. The largest absolute Gasteiger partial charge is 0.381 e. The van der Waals surface area contributed by atoms with E-state index in [1.54, 1.807) is 0 Å². The van der Waals surface area contributed by atoms with E-state index in [9.17, 15) is 0 Å². The van der Waals surface area contributed by atoms with Gasteiger partial charge in [-0.05, 0) is 38.0 Å². The first-order valence-corrected chi connectivity index (χ1v) is 6.68. The molecule has 15 heavy (non-hydrogen) atoms. The first-order valence-electron chi connectivity index (χ1n) is 6.68. The second-order valence-electron chi connectivity index (χ2n) is 5.38. The van der Waals surface area contributed by atoms with Crippen LogP contribution >= 0.6 is 0 Å². The van der Waals surface area contributed by atoms with Gasteiger partial charge in [0.1, 0.15) is 0 Å². The number of rotatable bonds is 2. The van der Waals surface area contributed by atoms with Crippen LogP contribution in [0, 0.1) is 5.92 Å². The van der Waals surface area contributed by atoms with Gasteiger partial charge in [-0.3, -0.25) is 0 Å². The lowest BCUT2D eigenvalue weighted by Crippen LogP contribution is -2.41. The van der Waals surface area contributed by atoms with Gasteiger partial charge >= 0.3 is 0 Å². The second kappa shape index (κ2) is 5.86. The fraction of sp³-hybridized carbons (Fsp3) is 1.00. The van der Waals surface area contributed by atoms with Gasteiger partial charge in [0.15, 0.2) is 0 Å². The molecule has 3 atom stereocenters. The molecular weight excluding hydrogens is 186 g/mol. The first-order chi connectivity index (χ1) is 7.34. The molecule has 0 spiro atoms. The molecule has 0 bridgehead atoms.